The number of nitro groups is 1. The van der Waals surface area contributed by atoms with E-state index in [-0.39, 0.29) is 16.7 Å². The SMILES string of the molecule is O=[N+]([O-])c1ccc2c(c1)[C@@H]1[C@H]3CC[C@@H](C3)[C@H]1[C@H](c1ccc(OCc3ccccc3Cl)cc1)N2. The van der Waals surface area contributed by atoms with Crippen molar-refractivity contribution >= 4 is 23.0 Å². The first-order chi connectivity index (χ1) is 16.1. The summed E-state index contributed by atoms with van der Waals surface area (Å²) >= 11 is 6.24. The van der Waals surface area contributed by atoms with E-state index < -0.39 is 0 Å². The normalized spacial score (nSPS) is 26.9. The number of non-ortho nitro benzene ring substituents is 1. The lowest BCUT2D eigenvalue weighted by Crippen LogP contribution is -2.35. The minimum absolute atomic E-state index is 0.190. The van der Waals surface area contributed by atoms with Crippen molar-refractivity contribution in [2.75, 3.05) is 5.32 Å². The maximum Gasteiger partial charge on any atom is 0.269 e. The van der Waals surface area contributed by atoms with Gasteiger partial charge in [-0.3, -0.25) is 10.1 Å². The van der Waals surface area contributed by atoms with Gasteiger partial charge in [0, 0.05) is 28.4 Å². The standard InChI is InChI=1S/C27H25ClN2O3/c28-23-4-2-1-3-19(23)15-33-21-10-7-16(8-11-21)27-26-18-6-5-17(13-18)25(26)22-14-20(30(31)32)9-12-24(22)29-27/h1-4,7-12,14,17-18,25-27,29H,5-6,13,15H2/t17-,18-,25-,26+,27-/m0/s1. The molecule has 3 aromatic rings. The van der Waals surface area contributed by atoms with E-state index in [1.54, 1.807) is 6.07 Å². The van der Waals surface area contributed by atoms with Crippen LogP contribution in [0.5, 0.6) is 5.75 Å². The van der Waals surface area contributed by atoms with Crippen molar-refractivity contribution in [3.05, 3.63) is 98.6 Å². The van der Waals surface area contributed by atoms with Gasteiger partial charge in [0.1, 0.15) is 12.4 Å². The van der Waals surface area contributed by atoms with Gasteiger partial charge >= 0.3 is 0 Å². The van der Waals surface area contributed by atoms with Crippen LogP contribution in [0.1, 0.15) is 47.9 Å². The number of fused-ring (bicyclic) bond motifs is 7. The van der Waals surface area contributed by atoms with Crippen LogP contribution in [0, 0.1) is 27.9 Å². The summed E-state index contributed by atoms with van der Waals surface area (Å²) in [5, 5.41) is 15.8. The fourth-order valence-corrected chi connectivity index (χ4v) is 6.66. The monoisotopic (exact) mass is 460 g/mol. The van der Waals surface area contributed by atoms with Crippen LogP contribution in [0.4, 0.5) is 11.4 Å². The van der Waals surface area contributed by atoms with E-state index >= 15 is 0 Å². The van der Waals surface area contributed by atoms with Crippen molar-refractivity contribution in [2.45, 2.75) is 37.8 Å². The molecule has 3 aromatic carbocycles. The Morgan fingerprint density at radius 2 is 1.82 bits per heavy atom. The molecule has 5 nitrogen and oxygen atoms in total. The number of nitrogens with zero attached hydrogens (tertiary/aromatic N) is 1. The zero-order valence-electron chi connectivity index (χ0n) is 18.1. The fourth-order valence-electron chi connectivity index (χ4n) is 6.46. The molecule has 1 N–H and O–H groups in total. The Morgan fingerprint density at radius 1 is 1.03 bits per heavy atom. The van der Waals surface area contributed by atoms with Gasteiger partial charge in [0.2, 0.25) is 0 Å². The van der Waals surface area contributed by atoms with Crippen LogP contribution in [0.3, 0.4) is 0 Å². The topological polar surface area (TPSA) is 64.4 Å². The van der Waals surface area contributed by atoms with E-state index in [1.165, 1.54) is 24.8 Å². The molecular weight excluding hydrogens is 436 g/mol. The van der Waals surface area contributed by atoms with Crippen LogP contribution in [0.15, 0.2) is 66.7 Å². The molecule has 2 saturated carbocycles. The molecule has 2 bridgehead atoms. The largest absolute Gasteiger partial charge is 0.489 e. The third-order valence-corrected chi connectivity index (χ3v) is 8.24. The van der Waals surface area contributed by atoms with Crippen molar-refractivity contribution < 1.29 is 9.66 Å². The Balaban J connectivity index is 1.27. The van der Waals surface area contributed by atoms with E-state index in [9.17, 15) is 10.1 Å². The van der Waals surface area contributed by atoms with Gasteiger partial charge in [0.05, 0.1) is 11.0 Å². The number of hydrogen-bond acceptors (Lipinski definition) is 4. The van der Waals surface area contributed by atoms with Gasteiger partial charge in [-0.25, -0.2) is 0 Å². The molecule has 5 atom stereocenters. The second kappa shape index (κ2) is 8.07. The molecule has 0 radical (unpaired) electrons. The van der Waals surface area contributed by atoms with Gasteiger partial charge in [-0.15, -0.1) is 0 Å². The molecule has 33 heavy (non-hydrogen) atoms. The van der Waals surface area contributed by atoms with Crippen molar-refractivity contribution in [3.8, 4) is 5.75 Å². The molecule has 2 fully saturated rings. The van der Waals surface area contributed by atoms with Gasteiger partial charge in [-0.1, -0.05) is 41.9 Å². The van der Waals surface area contributed by atoms with Crippen molar-refractivity contribution in [2.24, 2.45) is 17.8 Å². The first-order valence-corrected chi connectivity index (χ1v) is 12.0. The number of nitro benzene ring substituents is 1. The molecule has 1 heterocycles. The maximum atomic E-state index is 11.4. The lowest BCUT2D eigenvalue weighted by atomic mass is 9.68. The lowest BCUT2D eigenvalue weighted by molar-refractivity contribution is -0.384. The molecule has 168 valence electrons. The van der Waals surface area contributed by atoms with Crippen molar-refractivity contribution in [3.63, 3.8) is 0 Å². The quantitative estimate of drug-likeness (QED) is 0.325. The number of hydrogen-bond donors (Lipinski definition) is 1. The molecule has 0 unspecified atom stereocenters. The Kier molecular flexibility index (Phi) is 5.02. The summed E-state index contributed by atoms with van der Waals surface area (Å²) in [6, 6.07) is 21.6. The molecular formula is C27H25ClN2O3. The number of nitrogens with one attached hydrogen (secondary N) is 1. The molecule has 3 aliphatic rings. The molecule has 0 aromatic heterocycles. The predicted octanol–water partition coefficient (Wildman–Crippen LogP) is 7.12. The highest BCUT2D eigenvalue weighted by molar-refractivity contribution is 6.31. The third-order valence-electron chi connectivity index (χ3n) is 7.87. The van der Waals surface area contributed by atoms with Gasteiger partial charge < -0.3 is 10.1 Å². The van der Waals surface area contributed by atoms with Crippen molar-refractivity contribution in [1.82, 2.24) is 0 Å². The molecule has 6 rings (SSSR count). The molecule has 0 spiro atoms. The third kappa shape index (κ3) is 3.55. The van der Waals surface area contributed by atoms with E-state index in [2.05, 4.69) is 17.4 Å². The Morgan fingerprint density at radius 3 is 2.61 bits per heavy atom. The van der Waals surface area contributed by atoms with Crippen molar-refractivity contribution in [1.29, 1.82) is 0 Å². The van der Waals surface area contributed by atoms with Crippen LogP contribution < -0.4 is 10.1 Å². The summed E-state index contributed by atoms with van der Waals surface area (Å²) in [6.45, 7) is 0.432. The second-order valence-electron chi connectivity index (χ2n) is 9.54. The summed E-state index contributed by atoms with van der Waals surface area (Å²) in [6.07, 6.45) is 3.72. The Labute approximate surface area is 197 Å². The van der Waals surface area contributed by atoms with Crippen LogP contribution in [-0.2, 0) is 6.61 Å². The first kappa shape index (κ1) is 20.5. The first-order valence-electron chi connectivity index (χ1n) is 11.6. The summed E-state index contributed by atoms with van der Waals surface area (Å²) in [7, 11) is 0. The number of halogens is 1. The highest BCUT2D eigenvalue weighted by Gasteiger charge is 2.54. The average Bonchev–Trinajstić information content (AvgIpc) is 3.46. The lowest BCUT2D eigenvalue weighted by Gasteiger charge is -2.43. The summed E-state index contributed by atoms with van der Waals surface area (Å²) in [5.74, 6) is 2.97. The summed E-state index contributed by atoms with van der Waals surface area (Å²) in [4.78, 5) is 11.1. The smallest absolute Gasteiger partial charge is 0.269 e. The maximum absolute atomic E-state index is 11.4. The zero-order valence-corrected chi connectivity index (χ0v) is 18.9. The molecule has 1 aliphatic heterocycles. The second-order valence-corrected chi connectivity index (χ2v) is 9.94. The highest BCUT2D eigenvalue weighted by Crippen LogP contribution is 2.63. The summed E-state index contributed by atoms with van der Waals surface area (Å²) < 4.78 is 5.97. The number of benzene rings is 3. The minimum Gasteiger partial charge on any atom is -0.489 e. The van der Waals surface area contributed by atoms with Gasteiger partial charge in [-0.2, -0.15) is 0 Å². The highest BCUT2D eigenvalue weighted by atomic mass is 35.5. The Hall–Kier alpha value is -3.05. The zero-order chi connectivity index (χ0) is 22.5. The van der Waals surface area contributed by atoms with Crippen LogP contribution in [0.2, 0.25) is 5.02 Å². The minimum atomic E-state index is -0.282. The molecule has 0 saturated heterocycles. The van der Waals surface area contributed by atoms with E-state index in [0.29, 0.717) is 35.3 Å². The van der Waals surface area contributed by atoms with E-state index in [4.69, 9.17) is 16.3 Å². The van der Waals surface area contributed by atoms with Crippen LogP contribution in [0.25, 0.3) is 0 Å². The number of ether oxygens (including phenoxy) is 1. The van der Waals surface area contributed by atoms with Gasteiger partial charge in [-0.05, 0) is 78.3 Å². The van der Waals surface area contributed by atoms with Crippen LogP contribution >= 0.6 is 11.6 Å². The molecule has 6 heteroatoms. The van der Waals surface area contributed by atoms with E-state index in [1.807, 2.05) is 48.5 Å². The van der Waals surface area contributed by atoms with Gasteiger partial charge in [0.15, 0.2) is 0 Å². The van der Waals surface area contributed by atoms with E-state index in [0.717, 1.165) is 22.6 Å². The van der Waals surface area contributed by atoms with Gasteiger partial charge in [0.25, 0.3) is 5.69 Å². The molecule has 0 amide bonds. The van der Waals surface area contributed by atoms with Crippen LogP contribution in [-0.4, -0.2) is 4.92 Å². The predicted molar refractivity (Wildman–Crippen MR) is 129 cm³/mol. The Bertz CT molecular complexity index is 1210. The average molecular weight is 461 g/mol. The number of anilines is 1. The number of rotatable bonds is 5. The summed E-state index contributed by atoms with van der Waals surface area (Å²) in [5.41, 5.74) is 4.57. The fraction of sp³-hybridized carbons (Fsp3) is 0.333. The molecule has 2 aliphatic carbocycles.